The minimum atomic E-state index is -0.409. The number of methoxy groups -OCH3 is 2. The van der Waals surface area contributed by atoms with Crippen LogP contribution >= 0.6 is 0 Å². The molecule has 0 fully saturated rings. The number of hydrogen-bond acceptors (Lipinski definition) is 5. The van der Waals surface area contributed by atoms with E-state index >= 15 is 0 Å². The van der Waals surface area contributed by atoms with Crippen molar-refractivity contribution in [3.05, 3.63) is 66.0 Å². The fourth-order valence-electron chi connectivity index (χ4n) is 4.91. The number of carbonyl (C=O) groups excluding carboxylic acids is 2. The number of H-pyrrole nitrogens is 1. The Balaban J connectivity index is 1.75. The maximum Gasteiger partial charge on any atom is 0.259 e. The zero-order chi connectivity index (χ0) is 24.7. The Labute approximate surface area is 203 Å². The van der Waals surface area contributed by atoms with Crippen LogP contribution in [0.2, 0.25) is 0 Å². The number of aromatic nitrogens is 2. The predicted octanol–water partition coefficient (Wildman–Crippen LogP) is 3.28. The van der Waals surface area contributed by atoms with Gasteiger partial charge in [0.05, 0.1) is 36.4 Å². The zero-order valence-electron chi connectivity index (χ0n) is 20.2. The first kappa shape index (κ1) is 22.9. The number of ether oxygens (including phenoxy) is 2. The van der Waals surface area contributed by atoms with Crippen LogP contribution < -0.4 is 10.1 Å². The third-order valence-electron chi connectivity index (χ3n) is 6.44. The molecular formula is C27H28N4O4. The second kappa shape index (κ2) is 9.05. The van der Waals surface area contributed by atoms with Gasteiger partial charge in [-0.3, -0.25) is 14.9 Å². The maximum atomic E-state index is 13.2. The lowest BCUT2D eigenvalue weighted by molar-refractivity contribution is -0.122. The number of hydrogen-bond donors (Lipinski definition) is 2. The van der Waals surface area contributed by atoms with Crippen molar-refractivity contribution in [3.63, 3.8) is 0 Å². The molecule has 0 bridgehead atoms. The predicted molar refractivity (Wildman–Crippen MR) is 136 cm³/mol. The van der Waals surface area contributed by atoms with Gasteiger partial charge >= 0.3 is 0 Å². The summed E-state index contributed by atoms with van der Waals surface area (Å²) in [5.74, 6) is -0.123. The Morgan fingerprint density at radius 2 is 1.66 bits per heavy atom. The summed E-state index contributed by atoms with van der Waals surface area (Å²) in [5, 5.41) is 4.23. The van der Waals surface area contributed by atoms with E-state index in [-0.39, 0.29) is 6.10 Å². The van der Waals surface area contributed by atoms with Crippen molar-refractivity contribution in [2.24, 2.45) is 0 Å². The van der Waals surface area contributed by atoms with Crippen LogP contribution in [-0.2, 0) is 20.9 Å². The molecule has 3 heterocycles. The summed E-state index contributed by atoms with van der Waals surface area (Å²) in [6.07, 6.45) is 3.63. The molecule has 1 unspecified atom stereocenters. The van der Waals surface area contributed by atoms with Gasteiger partial charge in [0.1, 0.15) is 5.75 Å². The minimum absolute atomic E-state index is 0.0838. The topological polar surface area (TPSA) is 88.6 Å². The fraction of sp³-hybridized carbons (Fsp3) is 0.259. The number of likely N-dealkylation sites (N-methyl/N-ethyl adjacent to an activating group) is 1. The normalized spacial score (nSPS) is 15.0. The number of para-hydroxylation sites is 2. The number of fused-ring (bicyclic) bond motifs is 2. The molecule has 2 N–H and O–H groups in total. The van der Waals surface area contributed by atoms with Crippen LogP contribution in [0.5, 0.6) is 5.75 Å². The van der Waals surface area contributed by atoms with Gasteiger partial charge in [0, 0.05) is 53.5 Å². The number of aromatic amines is 1. The van der Waals surface area contributed by atoms with E-state index in [1.807, 2.05) is 62.8 Å². The zero-order valence-corrected chi connectivity index (χ0v) is 20.2. The highest BCUT2D eigenvalue weighted by Crippen LogP contribution is 2.40. The Hall–Kier alpha value is -3.88. The number of imide groups is 1. The Morgan fingerprint density at radius 3 is 2.37 bits per heavy atom. The van der Waals surface area contributed by atoms with Crippen LogP contribution in [0.4, 0.5) is 0 Å². The van der Waals surface area contributed by atoms with Crippen molar-refractivity contribution < 1.29 is 19.1 Å². The SMILES string of the molecule is COc1cccc2c(C3=C(c4c[nH]c5ccccc45)C(=O)NC3=O)cn(CC(CN(C)C)OC)c12. The van der Waals surface area contributed by atoms with E-state index in [4.69, 9.17) is 9.47 Å². The lowest BCUT2D eigenvalue weighted by Gasteiger charge is -2.21. The highest BCUT2D eigenvalue weighted by molar-refractivity contribution is 6.50. The smallest absolute Gasteiger partial charge is 0.259 e. The molecule has 8 nitrogen and oxygen atoms in total. The third kappa shape index (κ3) is 3.90. The van der Waals surface area contributed by atoms with Crippen molar-refractivity contribution in [1.29, 1.82) is 0 Å². The standard InChI is InChI=1S/C27H28N4O4/c1-30(2)13-16(34-3)14-31-15-20(18-9-7-11-22(35-4)25(18)31)24-23(26(32)29-27(24)33)19-12-28-21-10-6-5-8-17(19)21/h5-12,15-16,28H,13-14H2,1-4H3,(H,29,32,33). The van der Waals surface area contributed by atoms with Gasteiger partial charge < -0.3 is 23.9 Å². The van der Waals surface area contributed by atoms with Crippen molar-refractivity contribution >= 4 is 44.8 Å². The molecule has 1 atom stereocenters. The van der Waals surface area contributed by atoms with Crippen molar-refractivity contribution in [2.75, 3.05) is 34.9 Å². The molecular weight excluding hydrogens is 444 g/mol. The molecule has 5 rings (SSSR count). The molecule has 2 aromatic carbocycles. The van der Waals surface area contributed by atoms with Gasteiger partial charge in [-0.25, -0.2) is 0 Å². The quantitative estimate of drug-likeness (QED) is 0.384. The number of carbonyl (C=O) groups is 2. The van der Waals surface area contributed by atoms with Crippen molar-refractivity contribution in [1.82, 2.24) is 19.8 Å². The monoisotopic (exact) mass is 472 g/mol. The summed E-state index contributed by atoms with van der Waals surface area (Å²) >= 11 is 0. The lowest BCUT2D eigenvalue weighted by Crippen LogP contribution is -2.31. The van der Waals surface area contributed by atoms with Crippen LogP contribution in [0.25, 0.3) is 33.0 Å². The van der Waals surface area contributed by atoms with Gasteiger partial charge in [-0.15, -0.1) is 0 Å². The molecule has 1 aliphatic heterocycles. The van der Waals surface area contributed by atoms with Crippen LogP contribution in [-0.4, -0.2) is 67.2 Å². The van der Waals surface area contributed by atoms with Crippen LogP contribution in [0.1, 0.15) is 11.1 Å². The van der Waals surface area contributed by atoms with Gasteiger partial charge in [0.15, 0.2) is 0 Å². The van der Waals surface area contributed by atoms with Crippen LogP contribution in [0.3, 0.4) is 0 Å². The van der Waals surface area contributed by atoms with Gasteiger partial charge in [-0.05, 0) is 26.2 Å². The molecule has 4 aromatic rings. The average molecular weight is 473 g/mol. The first-order valence-corrected chi connectivity index (χ1v) is 11.4. The average Bonchev–Trinajstić information content (AvgIpc) is 3.51. The summed E-state index contributed by atoms with van der Waals surface area (Å²) in [5.41, 5.74) is 3.86. The summed E-state index contributed by atoms with van der Waals surface area (Å²) in [6, 6.07) is 13.5. The molecule has 180 valence electrons. The van der Waals surface area contributed by atoms with E-state index in [0.717, 1.165) is 28.4 Å². The van der Waals surface area contributed by atoms with Gasteiger partial charge in [-0.2, -0.15) is 0 Å². The van der Waals surface area contributed by atoms with Gasteiger partial charge in [0.25, 0.3) is 11.8 Å². The largest absolute Gasteiger partial charge is 0.495 e. The van der Waals surface area contributed by atoms with Crippen LogP contribution in [0, 0.1) is 0 Å². The number of nitrogens with one attached hydrogen (secondary N) is 2. The second-order valence-electron chi connectivity index (χ2n) is 8.95. The highest BCUT2D eigenvalue weighted by atomic mass is 16.5. The molecule has 0 aliphatic carbocycles. The number of benzene rings is 2. The fourth-order valence-corrected chi connectivity index (χ4v) is 4.91. The van der Waals surface area contributed by atoms with Gasteiger partial charge in [-0.1, -0.05) is 30.3 Å². The number of nitrogens with zero attached hydrogens (tertiary/aromatic N) is 2. The summed E-state index contributed by atoms with van der Waals surface area (Å²) in [4.78, 5) is 31.5. The summed E-state index contributed by atoms with van der Waals surface area (Å²) in [6.45, 7) is 1.28. The van der Waals surface area contributed by atoms with E-state index in [0.29, 0.717) is 34.6 Å². The molecule has 0 spiro atoms. The number of rotatable bonds is 8. The molecule has 0 saturated carbocycles. The molecule has 1 aliphatic rings. The Kier molecular flexibility index (Phi) is 5.92. The van der Waals surface area contributed by atoms with E-state index < -0.39 is 11.8 Å². The van der Waals surface area contributed by atoms with E-state index in [9.17, 15) is 9.59 Å². The molecule has 0 saturated heterocycles. The third-order valence-corrected chi connectivity index (χ3v) is 6.44. The molecule has 0 radical (unpaired) electrons. The lowest BCUT2D eigenvalue weighted by atomic mass is 9.95. The summed E-state index contributed by atoms with van der Waals surface area (Å²) in [7, 11) is 7.32. The van der Waals surface area contributed by atoms with Gasteiger partial charge in [0.2, 0.25) is 0 Å². The first-order chi connectivity index (χ1) is 16.9. The van der Waals surface area contributed by atoms with E-state index in [1.165, 1.54) is 0 Å². The molecule has 8 heteroatoms. The van der Waals surface area contributed by atoms with Crippen LogP contribution in [0.15, 0.2) is 54.9 Å². The van der Waals surface area contributed by atoms with E-state index in [1.54, 1.807) is 20.4 Å². The minimum Gasteiger partial charge on any atom is -0.495 e. The second-order valence-corrected chi connectivity index (χ2v) is 8.95. The van der Waals surface area contributed by atoms with Crippen molar-refractivity contribution in [2.45, 2.75) is 12.6 Å². The summed E-state index contributed by atoms with van der Waals surface area (Å²) < 4.78 is 13.5. The highest BCUT2D eigenvalue weighted by Gasteiger charge is 2.35. The molecule has 2 amide bonds. The van der Waals surface area contributed by atoms with E-state index in [2.05, 4.69) is 19.8 Å². The molecule has 35 heavy (non-hydrogen) atoms. The van der Waals surface area contributed by atoms with Crippen molar-refractivity contribution in [3.8, 4) is 5.75 Å². The Bertz CT molecular complexity index is 1480. The maximum absolute atomic E-state index is 13.2. The number of amides is 2. The first-order valence-electron chi connectivity index (χ1n) is 11.4. The molecule has 2 aromatic heterocycles. The Morgan fingerprint density at radius 1 is 0.943 bits per heavy atom.